The largest absolute Gasteiger partial charge is 0.353 e. The molecule has 0 spiro atoms. The highest BCUT2D eigenvalue weighted by Crippen LogP contribution is 2.24. The zero-order chi connectivity index (χ0) is 22.6. The summed E-state index contributed by atoms with van der Waals surface area (Å²) in [6, 6.07) is 18.1. The summed E-state index contributed by atoms with van der Waals surface area (Å²) in [4.78, 5) is 33.4. The monoisotopic (exact) mass is 444 g/mol. The van der Waals surface area contributed by atoms with Crippen molar-refractivity contribution in [3.63, 3.8) is 0 Å². The molecule has 2 aliphatic rings. The van der Waals surface area contributed by atoms with Crippen LogP contribution in [0.15, 0.2) is 59.4 Å². The topological polar surface area (TPSA) is 67.2 Å². The molecule has 1 amide bonds. The minimum Gasteiger partial charge on any atom is -0.353 e. The van der Waals surface area contributed by atoms with Gasteiger partial charge < -0.3 is 10.2 Å². The molecule has 1 N–H and O–H groups in total. The van der Waals surface area contributed by atoms with Crippen LogP contribution in [0.25, 0.3) is 11.0 Å². The van der Waals surface area contributed by atoms with Gasteiger partial charge in [-0.15, -0.1) is 0 Å². The molecular weight excluding hydrogens is 412 g/mol. The van der Waals surface area contributed by atoms with Gasteiger partial charge in [-0.25, -0.2) is 4.98 Å². The van der Waals surface area contributed by atoms with E-state index in [4.69, 9.17) is 4.98 Å². The molecule has 33 heavy (non-hydrogen) atoms. The second kappa shape index (κ2) is 9.77. The average Bonchev–Trinajstić information content (AvgIpc) is 2.87. The minimum absolute atomic E-state index is 0.0918. The fourth-order valence-electron chi connectivity index (χ4n) is 5.26. The van der Waals surface area contributed by atoms with Gasteiger partial charge in [0.25, 0.3) is 5.56 Å². The Morgan fingerprint density at radius 2 is 1.70 bits per heavy atom. The third-order valence-electron chi connectivity index (χ3n) is 7.06. The van der Waals surface area contributed by atoms with Crippen LogP contribution in [0.2, 0.25) is 0 Å². The van der Waals surface area contributed by atoms with Gasteiger partial charge in [0.1, 0.15) is 0 Å². The molecule has 3 aromatic rings. The first-order chi connectivity index (χ1) is 16.2. The maximum Gasteiger partial charge on any atom is 0.294 e. The van der Waals surface area contributed by atoms with Crippen LogP contribution in [-0.2, 0) is 11.3 Å². The Bertz CT molecular complexity index is 1170. The highest BCUT2D eigenvalue weighted by atomic mass is 16.2. The van der Waals surface area contributed by atoms with Crippen molar-refractivity contribution in [1.82, 2.24) is 14.9 Å². The van der Waals surface area contributed by atoms with E-state index < -0.39 is 0 Å². The van der Waals surface area contributed by atoms with E-state index in [1.807, 2.05) is 64.1 Å². The number of amides is 1. The third kappa shape index (κ3) is 4.80. The van der Waals surface area contributed by atoms with Gasteiger partial charge in [-0.1, -0.05) is 61.7 Å². The quantitative estimate of drug-likeness (QED) is 0.643. The fraction of sp³-hybridized carbons (Fsp3) is 0.444. The van der Waals surface area contributed by atoms with E-state index >= 15 is 0 Å². The zero-order valence-electron chi connectivity index (χ0n) is 19.1. The molecule has 1 saturated carbocycles. The van der Waals surface area contributed by atoms with Crippen molar-refractivity contribution < 1.29 is 4.79 Å². The van der Waals surface area contributed by atoms with Crippen molar-refractivity contribution in [2.24, 2.45) is 5.92 Å². The molecule has 1 aliphatic heterocycles. The van der Waals surface area contributed by atoms with Gasteiger partial charge in [-0.05, 0) is 43.4 Å². The maximum absolute atomic E-state index is 13.6. The number of piperidine rings is 1. The Balaban J connectivity index is 1.42. The number of hydrogen-bond acceptors (Lipinski definition) is 4. The van der Waals surface area contributed by atoms with Gasteiger partial charge in [-0.2, -0.15) is 0 Å². The Morgan fingerprint density at radius 3 is 2.52 bits per heavy atom. The number of fused-ring (bicyclic) bond motifs is 1. The van der Waals surface area contributed by atoms with Gasteiger partial charge in [0.2, 0.25) is 5.91 Å². The fourth-order valence-corrected chi connectivity index (χ4v) is 5.26. The number of nitrogens with zero attached hydrogens (tertiary/aromatic N) is 3. The summed E-state index contributed by atoms with van der Waals surface area (Å²) >= 11 is 0. The highest BCUT2D eigenvalue weighted by Gasteiger charge is 2.30. The molecule has 2 heterocycles. The smallest absolute Gasteiger partial charge is 0.294 e. The summed E-state index contributed by atoms with van der Waals surface area (Å²) < 4.78 is 1.82. The van der Waals surface area contributed by atoms with E-state index in [1.165, 1.54) is 19.3 Å². The van der Waals surface area contributed by atoms with Crippen molar-refractivity contribution in [2.45, 2.75) is 57.5 Å². The normalized spacial score (nSPS) is 19.5. The number of benzene rings is 2. The molecular formula is C27H32N4O2. The van der Waals surface area contributed by atoms with E-state index in [-0.39, 0.29) is 17.4 Å². The minimum atomic E-state index is -0.101. The molecule has 2 fully saturated rings. The molecule has 1 saturated heterocycles. The average molecular weight is 445 g/mol. The molecule has 5 rings (SSSR count). The van der Waals surface area contributed by atoms with E-state index in [0.717, 1.165) is 48.8 Å². The summed E-state index contributed by atoms with van der Waals surface area (Å²) in [6.07, 6.45) is 7.58. The van der Waals surface area contributed by atoms with Crippen molar-refractivity contribution in [2.75, 3.05) is 18.0 Å². The number of carbonyl (C=O) groups is 1. The lowest BCUT2D eigenvalue weighted by molar-refractivity contribution is -0.126. The van der Waals surface area contributed by atoms with Crippen LogP contribution in [-0.4, -0.2) is 34.6 Å². The lowest BCUT2D eigenvalue weighted by Crippen LogP contribution is -2.48. The first-order valence-electron chi connectivity index (χ1n) is 12.3. The Kier molecular flexibility index (Phi) is 6.42. The second-order valence-corrected chi connectivity index (χ2v) is 9.43. The molecule has 1 aliphatic carbocycles. The number of carbonyl (C=O) groups excluding carboxylic acids is 1. The second-order valence-electron chi connectivity index (χ2n) is 9.43. The number of anilines is 1. The Labute approximate surface area is 194 Å². The molecule has 1 atom stereocenters. The van der Waals surface area contributed by atoms with Crippen LogP contribution in [0.4, 0.5) is 5.82 Å². The van der Waals surface area contributed by atoms with Crippen molar-refractivity contribution in [3.05, 3.63) is 70.5 Å². The van der Waals surface area contributed by atoms with Crippen LogP contribution in [0, 0.1) is 5.92 Å². The van der Waals surface area contributed by atoms with Crippen molar-refractivity contribution in [3.8, 4) is 0 Å². The van der Waals surface area contributed by atoms with Crippen LogP contribution in [0.3, 0.4) is 0 Å². The molecule has 2 aromatic carbocycles. The first-order valence-corrected chi connectivity index (χ1v) is 12.3. The van der Waals surface area contributed by atoms with Gasteiger partial charge >= 0.3 is 0 Å². The maximum atomic E-state index is 13.6. The van der Waals surface area contributed by atoms with Gasteiger partial charge in [0.15, 0.2) is 5.82 Å². The number of hydrogen-bond donors (Lipinski definition) is 1. The van der Waals surface area contributed by atoms with Crippen molar-refractivity contribution in [1.29, 1.82) is 0 Å². The van der Waals surface area contributed by atoms with Crippen LogP contribution in [0.1, 0.15) is 50.5 Å². The first kappa shape index (κ1) is 21.7. The number of para-hydroxylation sites is 2. The van der Waals surface area contributed by atoms with Gasteiger partial charge in [0, 0.05) is 19.1 Å². The summed E-state index contributed by atoms with van der Waals surface area (Å²) in [6.45, 7) is 1.79. The summed E-state index contributed by atoms with van der Waals surface area (Å²) in [5.74, 6) is 0.493. The summed E-state index contributed by atoms with van der Waals surface area (Å²) in [5.41, 5.74) is 2.62. The van der Waals surface area contributed by atoms with E-state index in [0.29, 0.717) is 24.9 Å². The predicted octanol–water partition coefficient (Wildman–Crippen LogP) is 4.11. The van der Waals surface area contributed by atoms with Crippen LogP contribution in [0.5, 0.6) is 0 Å². The van der Waals surface area contributed by atoms with Gasteiger partial charge in [0.05, 0.1) is 23.5 Å². The van der Waals surface area contributed by atoms with E-state index in [9.17, 15) is 9.59 Å². The standard InChI is InChI=1S/C27H32N4O2/c32-26(28-22-13-5-2-6-14-22)21-12-9-17-30(19-21)25-27(33)31(18-20-10-3-1-4-11-20)24-16-8-7-15-23(24)29-25/h1,3-4,7-8,10-11,15-16,21-22H,2,5-6,9,12-14,17-19H2,(H,28,32). The summed E-state index contributed by atoms with van der Waals surface area (Å²) in [7, 11) is 0. The molecule has 6 nitrogen and oxygen atoms in total. The lowest BCUT2D eigenvalue weighted by Gasteiger charge is -2.34. The number of aromatic nitrogens is 2. The number of nitrogens with one attached hydrogen (secondary N) is 1. The van der Waals surface area contributed by atoms with Crippen LogP contribution < -0.4 is 15.8 Å². The number of rotatable bonds is 5. The highest BCUT2D eigenvalue weighted by molar-refractivity contribution is 5.80. The molecule has 6 heteroatoms. The molecule has 1 unspecified atom stereocenters. The SMILES string of the molecule is O=C(NC1CCCCC1)C1CCCN(c2nc3ccccc3n(Cc3ccccc3)c2=O)C1. The summed E-state index contributed by atoms with van der Waals surface area (Å²) in [5, 5.41) is 3.28. The van der Waals surface area contributed by atoms with E-state index in [2.05, 4.69) is 5.32 Å². The third-order valence-corrected chi connectivity index (χ3v) is 7.06. The lowest BCUT2D eigenvalue weighted by atomic mass is 9.93. The molecule has 1 aromatic heterocycles. The van der Waals surface area contributed by atoms with Gasteiger partial charge in [-0.3, -0.25) is 14.2 Å². The van der Waals surface area contributed by atoms with Crippen molar-refractivity contribution >= 4 is 22.8 Å². The predicted molar refractivity (Wildman–Crippen MR) is 131 cm³/mol. The van der Waals surface area contributed by atoms with Crippen LogP contribution >= 0.6 is 0 Å². The molecule has 172 valence electrons. The van der Waals surface area contributed by atoms with E-state index in [1.54, 1.807) is 0 Å². The zero-order valence-corrected chi connectivity index (χ0v) is 19.1. The Hall–Kier alpha value is -3.15. The molecule has 0 bridgehead atoms. The Morgan fingerprint density at radius 1 is 0.939 bits per heavy atom. The molecule has 0 radical (unpaired) electrons.